The molecule has 1 nitrogen and oxygen atoms in total. The molecule has 0 spiro atoms. The van der Waals surface area contributed by atoms with Crippen molar-refractivity contribution in [3.8, 4) is 0 Å². The van der Waals surface area contributed by atoms with Crippen LogP contribution in [0.4, 0.5) is 0 Å². The molecule has 0 radical (unpaired) electrons. The molecule has 0 bridgehead atoms. The normalized spacial score (nSPS) is 9.50. The topological polar surface area (TPSA) is 17.1 Å². The summed E-state index contributed by atoms with van der Waals surface area (Å²) >= 11 is 1.57. The predicted octanol–water partition coefficient (Wildman–Crippen LogP) is 1.30. The molecule has 0 aliphatic carbocycles. The van der Waals surface area contributed by atoms with Crippen molar-refractivity contribution in [2.45, 2.75) is 6.92 Å². The van der Waals surface area contributed by atoms with E-state index in [-0.39, 0.29) is 4.46 Å². The summed E-state index contributed by atoms with van der Waals surface area (Å²) in [6, 6.07) is 7.57. The van der Waals surface area contributed by atoms with Crippen molar-refractivity contribution in [1.29, 1.82) is 0 Å². The zero-order chi connectivity index (χ0) is 7.56. The van der Waals surface area contributed by atoms with Crippen molar-refractivity contribution in [1.82, 2.24) is 0 Å². The van der Waals surface area contributed by atoms with Gasteiger partial charge in [-0.25, -0.2) is 0 Å². The monoisotopic (exact) mass is 126 g/mol. The van der Waals surface area contributed by atoms with E-state index in [4.69, 9.17) is 0 Å². The molecule has 1 aromatic rings. The van der Waals surface area contributed by atoms with E-state index in [1.807, 2.05) is 31.2 Å². The van der Waals surface area contributed by atoms with E-state index in [9.17, 15) is 4.79 Å². The molecule has 46 valence electrons. The summed E-state index contributed by atoms with van der Waals surface area (Å²) < 4.78 is 0.125. The Morgan fingerprint density at radius 1 is 1.30 bits per heavy atom. The Morgan fingerprint density at radius 2 is 1.80 bits per heavy atom. The van der Waals surface area contributed by atoms with Crippen molar-refractivity contribution in [3.63, 3.8) is 0 Å². The molecule has 0 N–H and O–H groups in total. The van der Waals surface area contributed by atoms with Gasteiger partial charge in [0.15, 0.2) is 0 Å². The summed E-state index contributed by atoms with van der Waals surface area (Å²) in [5.74, 6) is 0. The average Bonchev–Trinajstić information content (AvgIpc) is 1.88. The van der Waals surface area contributed by atoms with Crippen LogP contribution in [0.3, 0.4) is 0 Å². The van der Waals surface area contributed by atoms with Gasteiger partial charge in [-0.2, -0.15) is 0 Å². The van der Waals surface area contributed by atoms with Gasteiger partial charge in [-0.05, 0) is 0 Å². The standard InChI is InChI=1S/C8H7O.Li/c1-7-2-4-8(6-9)5-3-7;/h2-5H,1H3;. The Labute approximate surface area is 69.6 Å². The quantitative estimate of drug-likeness (QED) is 0.518. The summed E-state index contributed by atoms with van der Waals surface area (Å²) in [5, 5.41) is 0. The minimum absolute atomic E-state index is 0.125. The number of hydrogen-bond donors (Lipinski definition) is 0. The van der Waals surface area contributed by atoms with Crippen LogP contribution in [0.15, 0.2) is 24.3 Å². The minimum atomic E-state index is 0.125. The molecule has 0 atom stereocenters. The molecule has 0 heterocycles. The van der Waals surface area contributed by atoms with Crippen molar-refractivity contribution in [2.75, 3.05) is 0 Å². The summed E-state index contributed by atoms with van der Waals surface area (Å²) in [4.78, 5) is 10.8. The number of benzene rings is 1. The van der Waals surface area contributed by atoms with Gasteiger partial charge in [0, 0.05) is 0 Å². The van der Waals surface area contributed by atoms with Crippen molar-refractivity contribution >= 4 is 22.2 Å². The van der Waals surface area contributed by atoms with E-state index >= 15 is 0 Å². The second-order valence-electron chi connectivity index (χ2n) is 2.42. The molecule has 10 heavy (non-hydrogen) atoms. The average molecular weight is 126 g/mol. The van der Waals surface area contributed by atoms with Crippen LogP contribution in [-0.4, -0.2) is 22.2 Å². The predicted molar refractivity (Wildman–Crippen MR) is 41.3 cm³/mol. The Morgan fingerprint density at radius 3 is 2.20 bits per heavy atom. The molecular weight excluding hydrogens is 119 g/mol. The molecular formula is C8H7LiO. The van der Waals surface area contributed by atoms with Crippen molar-refractivity contribution in [3.05, 3.63) is 35.4 Å². The molecule has 1 aromatic carbocycles. The van der Waals surface area contributed by atoms with Crippen LogP contribution in [0.1, 0.15) is 15.9 Å². The Balaban J connectivity index is 3.00. The number of rotatable bonds is 1. The zero-order valence-electron chi connectivity index (χ0n) is 6.22. The van der Waals surface area contributed by atoms with Crippen LogP contribution in [0.2, 0.25) is 0 Å². The molecule has 0 unspecified atom stereocenters. The molecule has 0 amide bonds. The summed E-state index contributed by atoms with van der Waals surface area (Å²) in [7, 11) is 0. The third-order valence-corrected chi connectivity index (χ3v) is 1.46. The third kappa shape index (κ3) is 1.73. The second-order valence-corrected chi connectivity index (χ2v) is 2.42. The van der Waals surface area contributed by atoms with Crippen LogP contribution in [0, 0.1) is 6.92 Å². The Kier molecular flexibility index (Phi) is 2.32. The number of carbonyl (C=O) groups is 1. The van der Waals surface area contributed by atoms with Gasteiger partial charge in [0.1, 0.15) is 0 Å². The summed E-state index contributed by atoms with van der Waals surface area (Å²) in [6.45, 7) is 2.00. The maximum absolute atomic E-state index is 10.8. The second kappa shape index (κ2) is 3.05. The fraction of sp³-hybridized carbons (Fsp3) is 0.125. The van der Waals surface area contributed by atoms with Gasteiger partial charge >= 0.3 is 69.3 Å². The van der Waals surface area contributed by atoms with E-state index in [2.05, 4.69) is 0 Å². The van der Waals surface area contributed by atoms with E-state index in [0.717, 1.165) is 5.56 Å². The first-order valence-electron chi connectivity index (χ1n) is 3.28. The van der Waals surface area contributed by atoms with E-state index < -0.39 is 0 Å². The Bertz CT molecular complexity index is 238. The summed E-state index contributed by atoms with van der Waals surface area (Å²) in [5.41, 5.74) is 1.97. The first-order valence-corrected chi connectivity index (χ1v) is 3.28. The van der Waals surface area contributed by atoms with Crippen LogP contribution in [0.25, 0.3) is 0 Å². The van der Waals surface area contributed by atoms with Crippen molar-refractivity contribution in [2.24, 2.45) is 0 Å². The van der Waals surface area contributed by atoms with E-state index in [0.29, 0.717) is 0 Å². The molecule has 0 saturated carbocycles. The van der Waals surface area contributed by atoms with Gasteiger partial charge in [-0.1, -0.05) is 0 Å². The van der Waals surface area contributed by atoms with Crippen LogP contribution in [-0.2, 0) is 0 Å². The zero-order valence-corrected chi connectivity index (χ0v) is 6.22. The number of aryl methyl sites for hydroxylation is 1. The molecule has 0 aliphatic heterocycles. The first kappa shape index (κ1) is 7.59. The fourth-order valence-electron chi connectivity index (χ4n) is 0.788. The number of carbonyl (C=O) groups excluding carboxylic acids is 1. The van der Waals surface area contributed by atoms with Gasteiger partial charge < -0.3 is 0 Å². The maximum atomic E-state index is 10.8. The molecule has 0 aliphatic rings. The SMILES string of the molecule is [Li][C](=O)c1ccc(C)cc1. The third-order valence-electron chi connectivity index (χ3n) is 1.46. The van der Waals surface area contributed by atoms with Gasteiger partial charge in [0.2, 0.25) is 0 Å². The van der Waals surface area contributed by atoms with Crippen LogP contribution < -0.4 is 0 Å². The summed E-state index contributed by atoms with van der Waals surface area (Å²) in [6.07, 6.45) is 0. The van der Waals surface area contributed by atoms with Gasteiger partial charge in [0.25, 0.3) is 0 Å². The molecule has 2 heteroatoms. The molecule has 0 fully saturated rings. The molecule has 0 saturated heterocycles. The van der Waals surface area contributed by atoms with Gasteiger partial charge in [0.05, 0.1) is 0 Å². The van der Waals surface area contributed by atoms with Gasteiger partial charge in [-0.15, -0.1) is 0 Å². The Hall–Kier alpha value is -0.513. The van der Waals surface area contributed by atoms with Crippen molar-refractivity contribution < 1.29 is 4.79 Å². The number of hydrogen-bond acceptors (Lipinski definition) is 1. The van der Waals surface area contributed by atoms with E-state index in [1.54, 1.807) is 17.7 Å². The van der Waals surface area contributed by atoms with E-state index in [1.165, 1.54) is 5.56 Å². The molecule has 0 aromatic heterocycles. The van der Waals surface area contributed by atoms with Crippen LogP contribution in [0.5, 0.6) is 0 Å². The molecule has 1 rings (SSSR count). The van der Waals surface area contributed by atoms with Gasteiger partial charge in [-0.3, -0.25) is 0 Å². The van der Waals surface area contributed by atoms with Crippen LogP contribution >= 0.6 is 0 Å². The first-order chi connectivity index (χ1) is 4.70. The fourth-order valence-corrected chi connectivity index (χ4v) is 0.788.